The zero-order valence-electron chi connectivity index (χ0n) is 19.9. The van der Waals surface area contributed by atoms with Gasteiger partial charge in [-0.05, 0) is 56.5 Å². The topological polar surface area (TPSA) is 86.8 Å². The van der Waals surface area contributed by atoms with E-state index < -0.39 is 5.63 Å². The number of piperazine rings is 1. The quantitative estimate of drug-likeness (QED) is 0.299. The Labute approximate surface area is 199 Å². The van der Waals surface area contributed by atoms with Crippen LogP contribution in [0.5, 0.6) is 5.75 Å². The van der Waals surface area contributed by atoms with Gasteiger partial charge in [0.15, 0.2) is 5.78 Å². The van der Waals surface area contributed by atoms with Crippen LogP contribution in [0.3, 0.4) is 0 Å². The van der Waals surface area contributed by atoms with E-state index in [-0.39, 0.29) is 5.78 Å². The predicted molar refractivity (Wildman–Crippen MR) is 132 cm³/mol. The molecule has 0 spiro atoms. The summed E-state index contributed by atoms with van der Waals surface area (Å²) in [6.07, 6.45) is 0.803. The number of benzene rings is 2. The standard InChI is InChI=1S/C27H29N3O4/c1-18-15-23-26(19(2)16-24(32)34-23)27(25(18)20(3)31)33-14-6-9-29-10-12-30(13-11-29)22-8-5-4-7-21(22)17-28/h4-5,7-8,15-16H,6,9-14H2,1-3H3. The number of hydrogen-bond donors (Lipinski definition) is 0. The molecule has 1 aromatic heterocycles. The predicted octanol–water partition coefficient (Wildman–Crippen LogP) is 4.08. The first-order valence-electron chi connectivity index (χ1n) is 11.6. The number of aryl methyl sites for hydroxylation is 2. The van der Waals surface area contributed by atoms with Gasteiger partial charge in [0.25, 0.3) is 0 Å². The highest BCUT2D eigenvalue weighted by molar-refractivity contribution is 6.04. The summed E-state index contributed by atoms with van der Waals surface area (Å²) in [6.45, 7) is 10.1. The average Bonchev–Trinajstić information content (AvgIpc) is 2.81. The molecular formula is C27H29N3O4. The van der Waals surface area contributed by atoms with Crippen molar-refractivity contribution in [3.8, 4) is 11.8 Å². The van der Waals surface area contributed by atoms with Crippen molar-refractivity contribution in [1.82, 2.24) is 4.90 Å². The zero-order valence-corrected chi connectivity index (χ0v) is 19.9. The molecule has 0 bridgehead atoms. The molecule has 0 N–H and O–H groups in total. The summed E-state index contributed by atoms with van der Waals surface area (Å²) in [6, 6.07) is 13.2. The highest BCUT2D eigenvalue weighted by Crippen LogP contribution is 2.34. The number of anilines is 1. The van der Waals surface area contributed by atoms with Crippen LogP contribution in [-0.2, 0) is 0 Å². The molecule has 7 heteroatoms. The fraction of sp³-hybridized carbons (Fsp3) is 0.370. The number of nitrogens with zero attached hydrogens (tertiary/aromatic N) is 3. The number of nitriles is 1. The van der Waals surface area contributed by atoms with E-state index in [4.69, 9.17) is 9.15 Å². The van der Waals surface area contributed by atoms with Crippen LogP contribution in [0.4, 0.5) is 5.69 Å². The van der Waals surface area contributed by atoms with E-state index in [9.17, 15) is 14.9 Å². The van der Waals surface area contributed by atoms with Crippen molar-refractivity contribution < 1.29 is 13.9 Å². The van der Waals surface area contributed by atoms with Gasteiger partial charge in [-0.1, -0.05) is 12.1 Å². The van der Waals surface area contributed by atoms with Crippen molar-refractivity contribution in [3.05, 3.63) is 69.1 Å². The molecule has 0 atom stereocenters. The molecule has 1 saturated heterocycles. The van der Waals surface area contributed by atoms with Gasteiger partial charge in [0.1, 0.15) is 17.4 Å². The van der Waals surface area contributed by atoms with Crippen LogP contribution in [0.25, 0.3) is 11.0 Å². The Balaban J connectivity index is 1.40. The van der Waals surface area contributed by atoms with Crippen molar-refractivity contribution in [2.24, 2.45) is 0 Å². The molecule has 0 saturated carbocycles. The van der Waals surface area contributed by atoms with E-state index in [1.807, 2.05) is 38.1 Å². The molecule has 1 aliphatic heterocycles. The number of carbonyl (C=O) groups is 1. The molecule has 2 aromatic carbocycles. The molecular weight excluding hydrogens is 430 g/mol. The average molecular weight is 460 g/mol. The molecule has 34 heavy (non-hydrogen) atoms. The number of Topliss-reactive ketones (excluding diaryl/α,β-unsaturated/α-hetero) is 1. The third-order valence-electron chi connectivity index (χ3n) is 6.34. The summed E-state index contributed by atoms with van der Waals surface area (Å²) in [5.41, 5.74) is 3.74. The lowest BCUT2D eigenvalue weighted by Crippen LogP contribution is -2.47. The lowest BCUT2D eigenvalue weighted by atomic mass is 9.98. The summed E-state index contributed by atoms with van der Waals surface area (Å²) in [5, 5.41) is 10.0. The molecule has 2 heterocycles. The van der Waals surface area contributed by atoms with Gasteiger partial charge in [-0.3, -0.25) is 9.69 Å². The highest BCUT2D eigenvalue weighted by Gasteiger charge is 2.21. The molecule has 0 radical (unpaired) electrons. The van der Waals surface area contributed by atoms with Gasteiger partial charge in [0.2, 0.25) is 0 Å². The third kappa shape index (κ3) is 4.82. The van der Waals surface area contributed by atoms with Gasteiger partial charge < -0.3 is 14.1 Å². The number of rotatable bonds is 7. The molecule has 0 aliphatic carbocycles. The maximum atomic E-state index is 12.4. The van der Waals surface area contributed by atoms with Crippen LogP contribution in [-0.4, -0.2) is 50.0 Å². The summed E-state index contributed by atoms with van der Waals surface area (Å²) in [7, 11) is 0. The summed E-state index contributed by atoms with van der Waals surface area (Å²) >= 11 is 0. The molecule has 1 fully saturated rings. The summed E-state index contributed by atoms with van der Waals surface area (Å²) < 4.78 is 11.6. The van der Waals surface area contributed by atoms with Gasteiger partial charge >= 0.3 is 5.63 Å². The van der Waals surface area contributed by atoms with Crippen LogP contribution in [0.1, 0.15) is 40.4 Å². The minimum absolute atomic E-state index is 0.0752. The Bertz CT molecular complexity index is 1310. The van der Waals surface area contributed by atoms with Gasteiger partial charge in [-0.15, -0.1) is 0 Å². The summed E-state index contributed by atoms with van der Waals surface area (Å²) in [5.74, 6) is 0.426. The normalized spacial score (nSPS) is 14.2. The third-order valence-corrected chi connectivity index (χ3v) is 6.34. The molecule has 3 aromatic rings. The van der Waals surface area contributed by atoms with E-state index in [0.29, 0.717) is 34.5 Å². The first-order chi connectivity index (χ1) is 16.4. The first-order valence-corrected chi connectivity index (χ1v) is 11.6. The number of ketones is 1. The molecule has 0 amide bonds. The SMILES string of the molecule is CC(=O)c1c(C)cc2oc(=O)cc(C)c2c1OCCCN1CCN(c2ccccc2C#N)CC1. The fourth-order valence-corrected chi connectivity index (χ4v) is 4.70. The Morgan fingerprint density at radius 2 is 1.85 bits per heavy atom. The monoisotopic (exact) mass is 459 g/mol. The Hall–Kier alpha value is -3.63. The zero-order chi connectivity index (χ0) is 24.2. The Morgan fingerprint density at radius 3 is 2.56 bits per heavy atom. The second kappa shape index (κ2) is 10.1. The second-order valence-electron chi connectivity index (χ2n) is 8.74. The van der Waals surface area contributed by atoms with E-state index in [0.717, 1.165) is 56.0 Å². The van der Waals surface area contributed by atoms with Gasteiger partial charge in [0, 0.05) is 38.8 Å². The number of hydrogen-bond acceptors (Lipinski definition) is 7. The van der Waals surface area contributed by atoms with Crippen LogP contribution >= 0.6 is 0 Å². The molecule has 0 unspecified atom stereocenters. The molecule has 7 nitrogen and oxygen atoms in total. The molecule has 176 valence electrons. The maximum Gasteiger partial charge on any atom is 0.336 e. The Morgan fingerprint density at radius 1 is 1.12 bits per heavy atom. The van der Waals surface area contributed by atoms with E-state index in [1.165, 1.54) is 13.0 Å². The van der Waals surface area contributed by atoms with Crippen LogP contribution < -0.4 is 15.3 Å². The number of ether oxygens (including phenoxy) is 1. The van der Waals surface area contributed by atoms with Crippen LogP contribution in [0.2, 0.25) is 0 Å². The largest absolute Gasteiger partial charge is 0.492 e. The van der Waals surface area contributed by atoms with Crippen molar-refractivity contribution in [2.75, 3.05) is 44.2 Å². The maximum absolute atomic E-state index is 12.4. The second-order valence-corrected chi connectivity index (χ2v) is 8.74. The fourth-order valence-electron chi connectivity index (χ4n) is 4.70. The number of carbonyl (C=O) groups excluding carboxylic acids is 1. The Kier molecular flexibility index (Phi) is 6.99. The van der Waals surface area contributed by atoms with E-state index >= 15 is 0 Å². The first kappa shape index (κ1) is 23.5. The van der Waals surface area contributed by atoms with E-state index in [1.54, 1.807) is 6.07 Å². The van der Waals surface area contributed by atoms with E-state index in [2.05, 4.69) is 15.9 Å². The minimum atomic E-state index is -0.414. The van der Waals surface area contributed by atoms with Gasteiger partial charge in [-0.2, -0.15) is 5.26 Å². The smallest absolute Gasteiger partial charge is 0.336 e. The molecule has 4 rings (SSSR count). The van der Waals surface area contributed by atoms with Crippen molar-refractivity contribution >= 4 is 22.4 Å². The lowest BCUT2D eigenvalue weighted by Gasteiger charge is -2.36. The number of fused-ring (bicyclic) bond motifs is 1. The highest BCUT2D eigenvalue weighted by atomic mass is 16.5. The summed E-state index contributed by atoms with van der Waals surface area (Å²) in [4.78, 5) is 28.9. The van der Waals surface area contributed by atoms with Crippen molar-refractivity contribution in [3.63, 3.8) is 0 Å². The minimum Gasteiger partial charge on any atom is -0.492 e. The van der Waals surface area contributed by atoms with Gasteiger partial charge in [-0.25, -0.2) is 4.79 Å². The van der Waals surface area contributed by atoms with Crippen molar-refractivity contribution in [1.29, 1.82) is 5.26 Å². The van der Waals surface area contributed by atoms with Crippen LogP contribution in [0, 0.1) is 25.2 Å². The molecule has 1 aliphatic rings. The van der Waals surface area contributed by atoms with Crippen molar-refractivity contribution in [2.45, 2.75) is 27.2 Å². The number of para-hydroxylation sites is 1. The lowest BCUT2D eigenvalue weighted by molar-refractivity contribution is 0.101. The van der Waals surface area contributed by atoms with Crippen LogP contribution in [0.15, 0.2) is 45.6 Å². The van der Waals surface area contributed by atoms with Gasteiger partial charge in [0.05, 0.1) is 28.8 Å².